The predicted molar refractivity (Wildman–Crippen MR) is 156 cm³/mol. The smallest absolute Gasteiger partial charge is 0.333 e. The first kappa shape index (κ1) is 26.9. The van der Waals surface area contributed by atoms with Crippen LogP contribution in [0.4, 0.5) is 11.4 Å². The fraction of sp³-hybridized carbons (Fsp3) is 0.394. The summed E-state index contributed by atoms with van der Waals surface area (Å²) in [5, 5.41) is 3.38. The number of quaternary nitrogens is 1. The number of fused-ring (bicyclic) bond motifs is 3. The molecular formula is C33H40N3O3+. The maximum Gasteiger partial charge on any atom is 0.333 e. The van der Waals surface area contributed by atoms with Gasteiger partial charge in [0, 0.05) is 48.8 Å². The Morgan fingerprint density at radius 1 is 0.897 bits per heavy atom. The molecule has 0 radical (unpaired) electrons. The highest BCUT2D eigenvalue weighted by Gasteiger charge is 2.49. The zero-order valence-electron chi connectivity index (χ0n) is 23.1. The number of benzene rings is 3. The average Bonchev–Trinajstić information content (AvgIpc) is 2.98. The topological polar surface area (TPSA) is 58.6 Å². The number of Topliss-reactive ketones (excluding diaryl/α,β-unsaturated/α-hetero) is 1. The summed E-state index contributed by atoms with van der Waals surface area (Å²) >= 11 is 0. The number of carbonyl (C=O) groups is 2. The second-order valence-electron chi connectivity index (χ2n) is 10.9. The summed E-state index contributed by atoms with van der Waals surface area (Å²) < 4.78 is 6.96. The van der Waals surface area contributed by atoms with E-state index in [-0.39, 0.29) is 17.9 Å². The molecule has 0 aromatic heterocycles. The largest absolute Gasteiger partial charge is 0.454 e. The number of rotatable bonds is 11. The van der Waals surface area contributed by atoms with Crippen LogP contribution in [0.3, 0.4) is 0 Å². The van der Waals surface area contributed by atoms with Crippen LogP contribution in [0.2, 0.25) is 0 Å². The van der Waals surface area contributed by atoms with Crippen molar-refractivity contribution in [3.63, 3.8) is 0 Å². The monoisotopic (exact) mass is 526 g/mol. The molecule has 3 fully saturated rings. The first-order chi connectivity index (χ1) is 19.0. The van der Waals surface area contributed by atoms with E-state index in [1.807, 2.05) is 72.8 Å². The van der Waals surface area contributed by atoms with Crippen molar-refractivity contribution in [1.82, 2.24) is 0 Å². The van der Waals surface area contributed by atoms with Gasteiger partial charge in [0.25, 0.3) is 0 Å². The number of hydrogen-bond acceptors (Lipinski definition) is 5. The number of ketones is 1. The lowest BCUT2D eigenvalue weighted by atomic mass is 9.82. The van der Waals surface area contributed by atoms with E-state index in [1.165, 1.54) is 0 Å². The molecule has 204 valence electrons. The van der Waals surface area contributed by atoms with Gasteiger partial charge in [-0.15, -0.1) is 0 Å². The van der Waals surface area contributed by atoms with E-state index in [9.17, 15) is 9.59 Å². The SMILES string of the molecule is CCN(CC)c1ccc(C(=O)C[N+]23CCC(CC2)[C@@H](OC(=O)[C@H](Nc2ccccc2)c2ccccc2)C3)cc1. The quantitative estimate of drug-likeness (QED) is 0.197. The molecule has 6 nitrogen and oxygen atoms in total. The number of para-hydroxylation sites is 1. The summed E-state index contributed by atoms with van der Waals surface area (Å²) in [4.78, 5) is 29.3. The van der Waals surface area contributed by atoms with Crippen molar-refractivity contribution in [3.8, 4) is 0 Å². The fourth-order valence-corrected chi connectivity index (χ4v) is 6.26. The molecule has 0 aliphatic carbocycles. The summed E-state index contributed by atoms with van der Waals surface area (Å²) in [5.74, 6) is 0.255. The van der Waals surface area contributed by atoms with E-state index in [0.29, 0.717) is 23.5 Å². The van der Waals surface area contributed by atoms with Crippen LogP contribution in [0.15, 0.2) is 84.9 Å². The van der Waals surface area contributed by atoms with Crippen molar-refractivity contribution in [2.75, 3.05) is 49.5 Å². The van der Waals surface area contributed by atoms with Gasteiger partial charge in [0.05, 0.1) is 13.1 Å². The Balaban J connectivity index is 1.27. The lowest BCUT2D eigenvalue weighted by molar-refractivity contribution is -0.938. The molecule has 3 saturated heterocycles. The number of anilines is 2. The number of esters is 1. The zero-order chi connectivity index (χ0) is 27.2. The van der Waals surface area contributed by atoms with Crippen molar-refractivity contribution in [2.45, 2.75) is 38.8 Å². The average molecular weight is 527 g/mol. The van der Waals surface area contributed by atoms with Crippen molar-refractivity contribution in [1.29, 1.82) is 0 Å². The molecule has 3 aromatic rings. The highest BCUT2D eigenvalue weighted by atomic mass is 16.5. The fourth-order valence-electron chi connectivity index (χ4n) is 6.26. The third kappa shape index (κ3) is 6.17. The van der Waals surface area contributed by atoms with Crippen molar-refractivity contribution >= 4 is 23.1 Å². The first-order valence-corrected chi connectivity index (χ1v) is 14.3. The molecular weight excluding hydrogens is 486 g/mol. The molecule has 1 N–H and O–H groups in total. The maximum atomic E-state index is 13.6. The molecule has 3 aliphatic rings. The van der Waals surface area contributed by atoms with Crippen molar-refractivity contribution in [2.24, 2.45) is 5.92 Å². The van der Waals surface area contributed by atoms with Gasteiger partial charge in [0.2, 0.25) is 5.78 Å². The molecule has 3 aromatic carbocycles. The summed E-state index contributed by atoms with van der Waals surface area (Å²) in [6.07, 6.45) is 1.78. The van der Waals surface area contributed by atoms with Crippen LogP contribution < -0.4 is 10.2 Å². The Hall–Kier alpha value is -3.64. The Labute approximate surface area is 232 Å². The molecule has 6 rings (SSSR count). The summed E-state index contributed by atoms with van der Waals surface area (Å²) in [5.41, 5.74) is 3.65. The van der Waals surface area contributed by atoms with Crippen LogP contribution in [0.5, 0.6) is 0 Å². The van der Waals surface area contributed by atoms with Gasteiger partial charge in [-0.25, -0.2) is 4.79 Å². The van der Waals surface area contributed by atoms with Crippen LogP contribution in [-0.4, -0.2) is 61.6 Å². The van der Waals surface area contributed by atoms with Gasteiger partial charge >= 0.3 is 5.97 Å². The normalized spacial score (nSPS) is 22.6. The number of hydrogen-bond donors (Lipinski definition) is 1. The Morgan fingerprint density at radius 2 is 1.51 bits per heavy atom. The molecule has 0 saturated carbocycles. The van der Waals surface area contributed by atoms with E-state index in [2.05, 4.69) is 36.2 Å². The highest BCUT2D eigenvalue weighted by Crippen LogP contribution is 2.37. The highest BCUT2D eigenvalue weighted by molar-refractivity contribution is 5.97. The van der Waals surface area contributed by atoms with E-state index in [1.54, 1.807) is 0 Å². The second kappa shape index (κ2) is 12.0. The molecule has 2 bridgehead atoms. The van der Waals surface area contributed by atoms with E-state index in [0.717, 1.165) is 61.5 Å². The lowest BCUT2D eigenvalue weighted by Gasteiger charge is -2.51. The number of nitrogens with zero attached hydrogens (tertiary/aromatic N) is 2. The summed E-state index contributed by atoms with van der Waals surface area (Å²) in [6, 6.07) is 26.9. The van der Waals surface area contributed by atoms with Crippen molar-refractivity contribution < 1.29 is 18.8 Å². The molecule has 3 aliphatic heterocycles. The molecule has 0 amide bonds. The summed E-state index contributed by atoms with van der Waals surface area (Å²) in [6.45, 7) is 9.25. The van der Waals surface area contributed by atoms with E-state index in [4.69, 9.17) is 4.74 Å². The third-order valence-corrected chi connectivity index (χ3v) is 8.56. The summed E-state index contributed by atoms with van der Waals surface area (Å²) in [7, 11) is 0. The van der Waals surface area contributed by atoms with E-state index >= 15 is 0 Å². The van der Waals surface area contributed by atoms with Crippen LogP contribution in [0, 0.1) is 5.92 Å². The maximum absolute atomic E-state index is 13.6. The molecule has 0 unspecified atom stereocenters. The number of piperidine rings is 3. The minimum Gasteiger partial charge on any atom is -0.454 e. The Morgan fingerprint density at radius 3 is 2.13 bits per heavy atom. The van der Waals surface area contributed by atoms with Crippen LogP contribution in [-0.2, 0) is 9.53 Å². The third-order valence-electron chi connectivity index (χ3n) is 8.56. The number of nitrogens with one attached hydrogen (secondary N) is 1. The number of carbonyl (C=O) groups excluding carboxylic acids is 2. The van der Waals surface area contributed by atoms with Crippen LogP contribution in [0.1, 0.15) is 48.7 Å². The van der Waals surface area contributed by atoms with Crippen LogP contribution >= 0.6 is 0 Å². The number of ether oxygens (including phenoxy) is 1. The molecule has 3 heterocycles. The van der Waals surface area contributed by atoms with Gasteiger partial charge in [-0.3, -0.25) is 4.79 Å². The molecule has 6 heteroatoms. The zero-order valence-corrected chi connectivity index (χ0v) is 23.1. The minimum atomic E-state index is -0.594. The predicted octanol–water partition coefficient (Wildman–Crippen LogP) is 5.72. The van der Waals surface area contributed by atoms with Gasteiger partial charge in [0.15, 0.2) is 12.1 Å². The second-order valence-corrected chi connectivity index (χ2v) is 10.9. The standard InChI is InChI=1S/C33H40N3O3/c1-3-35(4-2)29-17-15-25(16-18-29)30(37)23-36-21-19-26(20-22-36)31(24-36)39-33(38)32(27-11-7-5-8-12-27)34-28-13-9-6-10-14-28/h5-18,26,31-32,34H,3-4,19-24H2,1-2H3/q+1/t26?,31-,32+,36?/m0/s1. The lowest BCUT2D eigenvalue weighted by Crippen LogP contribution is -2.65. The Bertz CT molecular complexity index is 1230. The Kier molecular flexibility index (Phi) is 8.32. The van der Waals surface area contributed by atoms with Crippen molar-refractivity contribution in [3.05, 3.63) is 96.1 Å². The molecule has 2 atom stereocenters. The van der Waals surface area contributed by atoms with Gasteiger partial charge in [-0.2, -0.15) is 0 Å². The van der Waals surface area contributed by atoms with Gasteiger partial charge in [-0.1, -0.05) is 48.5 Å². The molecule has 0 spiro atoms. The van der Waals surface area contributed by atoms with Gasteiger partial charge in [0.1, 0.15) is 13.1 Å². The minimum absolute atomic E-state index is 0.166. The first-order valence-electron chi connectivity index (χ1n) is 14.3. The van der Waals surface area contributed by atoms with E-state index < -0.39 is 6.04 Å². The molecule has 39 heavy (non-hydrogen) atoms. The van der Waals surface area contributed by atoms with Gasteiger partial charge < -0.3 is 19.4 Å². The van der Waals surface area contributed by atoms with Crippen LogP contribution in [0.25, 0.3) is 0 Å². The van der Waals surface area contributed by atoms with Gasteiger partial charge in [-0.05, 0) is 55.8 Å².